The maximum absolute atomic E-state index is 8.71. The van der Waals surface area contributed by atoms with Gasteiger partial charge in [-0.05, 0) is 19.1 Å². The lowest BCUT2D eigenvalue weighted by Crippen LogP contribution is -2.10. The molecule has 0 amide bonds. The molecule has 1 aromatic rings. The molecule has 1 rings (SSSR count). The van der Waals surface area contributed by atoms with Gasteiger partial charge in [0.25, 0.3) is 0 Å². The lowest BCUT2D eigenvalue weighted by molar-refractivity contribution is 0.245. The number of benzene rings is 1. The fourth-order valence-electron chi connectivity index (χ4n) is 1.17. The molecule has 1 unspecified atom stereocenters. The Hall–Kier alpha value is -1.41. The van der Waals surface area contributed by atoms with Crippen molar-refractivity contribution >= 4 is 15.9 Å². The number of methoxy groups -OCH3 is 2. The smallest absolute Gasteiger partial charge is 0.205 e. The fourth-order valence-corrected chi connectivity index (χ4v) is 1.58. The van der Waals surface area contributed by atoms with Crippen LogP contribution >= 0.6 is 15.9 Å². The average molecular weight is 286 g/mol. The van der Waals surface area contributed by atoms with Crippen LogP contribution in [0.3, 0.4) is 0 Å². The largest absolute Gasteiger partial charge is 0.493 e. The zero-order valence-electron chi connectivity index (χ0n) is 9.28. The van der Waals surface area contributed by atoms with Gasteiger partial charge >= 0.3 is 0 Å². The second kappa shape index (κ2) is 5.61. The number of hydrogen-bond donors (Lipinski definition) is 0. The highest BCUT2D eigenvalue weighted by Gasteiger charge is 2.15. The molecule has 0 heterocycles. The van der Waals surface area contributed by atoms with Crippen molar-refractivity contribution in [3.8, 4) is 23.3 Å². The molecule has 1 aromatic carbocycles. The SMILES string of the molecule is COc1cc(Br)cc(OC)c1OC(C)C#N. The predicted octanol–water partition coefficient (Wildman–Crippen LogP) is 2.76. The van der Waals surface area contributed by atoms with E-state index < -0.39 is 6.10 Å². The number of nitriles is 1. The van der Waals surface area contributed by atoms with Crippen LogP contribution < -0.4 is 14.2 Å². The van der Waals surface area contributed by atoms with Gasteiger partial charge in [-0.2, -0.15) is 5.26 Å². The van der Waals surface area contributed by atoms with Gasteiger partial charge in [-0.25, -0.2) is 0 Å². The van der Waals surface area contributed by atoms with Gasteiger partial charge in [-0.15, -0.1) is 0 Å². The van der Waals surface area contributed by atoms with Gasteiger partial charge in [0.15, 0.2) is 17.6 Å². The molecule has 0 spiro atoms. The van der Waals surface area contributed by atoms with Crippen LogP contribution in [0.1, 0.15) is 6.92 Å². The first kappa shape index (κ1) is 12.7. The van der Waals surface area contributed by atoms with E-state index in [1.807, 2.05) is 6.07 Å². The lowest BCUT2D eigenvalue weighted by atomic mass is 10.3. The number of hydrogen-bond acceptors (Lipinski definition) is 4. The van der Waals surface area contributed by atoms with Crippen LogP contribution in [0.5, 0.6) is 17.2 Å². The molecule has 0 fully saturated rings. The van der Waals surface area contributed by atoms with E-state index in [4.69, 9.17) is 19.5 Å². The molecule has 0 N–H and O–H groups in total. The van der Waals surface area contributed by atoms with Crippen LogP contribution in [0.15, 0.2) is 16.6 Å². The van der Waals surface area contributed by atoms with Crippen LogP contribution in [-0.4, -0.2) is 20.3 Å². The molecule has 0 radical (unpaired) electrons. The van der Waals surface area contributed by atoms with Gasteiger partial charge < -0.3 is 14.2 Å². The first-order valence-electron chi connectivity index (χ1n) is 4.60. The molecule has 0 bridgehead atoms. The minimum Gasteiger partial charge on any atom is -0.493 e. The molecule has 0 aromatic heterocycles. The van der Waals surface area contributed by atoms with Crippen LogP contribution in [0.4, 0.5) is 0 Å². The van der Waals surface area contributed by atoms with Crippen LogP contribution in [-0.2, 0) is 0 Å². The standard InChI is InChI=1S/C11H12BrNO3/c1-7(6-13)16-11-9(14-2)4-8(12)5-10(11)15-3/h4-5,7H,1-3H3. The minimum absolute atomic E-state index is 0.433. The summed E-state index contributed by atoms with van der Waals surface area (Å²) in [6.45, 7) is 1.65. The Morgan fingerprint density at radius 1 is 1.25 bits per heavy atom. The van der Waals surface area contributed by atoms with E-state index in [1.165, 1.54) is 14.2 Å². The minimum atomic E-state index is -0.566. The third-order valence-electron chi connectivity index (χ3n) is 1.90. The molecule has 1 atom stereocenters. The normalized spacial score (nSPS) is 11.4. The van der Waals surface area contributed by atoms with Gasteiger partial charge in [0, 0.05) is 4.47 Å². The first-order valence-corrected chi connectivity index (χ1v) is 5.39. The summed E-state index contributed by atoms with van der Waals surface area (Å²) in [5.41, 5.74) is 0. The lowest BCUT2D eigenvalue weighted by Gasteiger charge is -2.15. The molecule has 86 valence electrons. The Morgan fingerprint density at radius 2 is 1.75 bits per heavy atom. The van der Waals surface area contributed by atoms with E-state index in [0.29, 0.717) is 17.2 Å². The summed E-state index contributed by atoms with van der Waals surface area (Å²) in [5.74, 6) is 1.48. The molecule has 0 saturated heterocycles. The van der Waals surface area contributed by atoms with Gasteiger partial charge in [-0.1, -0.05) is 15.9 Å². The quantitative estimate of drug-likeness (QED) is 0.854. The molecule has 16 heavy (non-hydrogen) atoms. The number of ether oxygens (including phenoxy) is 3. The summed E-state index contributed by atoms with van der Waals surface area (Å²) < 4.78 is 16.6. The van der Waals surface area contributed by atoms with E-state index in [9.17, 15) is 0 Å². The monoisotopic (exact) mass is 285 g/mol. The van der Waals surface area contributed by atoms with Gasteiger partial charge in [0.05, 0.1) is 14.2 Å². The molecule has 0 aliphatic heterocycles. The highest BCUT2D eigenvalue weighted by atomic mass is 79.9. The Bertz CT molecular complexity index is 389. The Labute approximate surface area is 103 Å². The van der Waals surface area contributed by atoms with Gasteiger partial charge in [0.2, 0.25) is 5.75 Å². The Morgan fingerprint density at radius 3 is 2.12 bits per heavy atom. The summed E-state index contributed by atoms with van der Waals surface area (Å²) in [7, 11) is 3.07. The topological polar surface area (TPSA) is 51.5 Å². The predicted molar refractivity (Wildman–Crippen MR) is 62.9 cm³/mol. The molecule has 0 aliphatic carbocycles. The van der Waals surface area contributed by atoms with Crippen molar-refractivity contribution in [3.05, 3.63) is 16.6 Å². The summed E-state index contributed by atoms with van der Waals surface area (Å²) >= 11 is 3.33. The second-order valence-corrected chi connectivity index (χ2v) is 3.94. The molecule has 5 heteroatoms. The molecule has 0 saturated carbocycles. The summed E-state index contributed by atoms with van der Waals surface area (Å²) in [6.07, 6.45) is -0.566. The van der Waals surface area contributed by atoms with Crippen molar-refractivity contribution in [2.45, 2.75) is 13.0 Å². The van der Waals surface area contributed by atoms with E-state index in [0.717, 1.165) is 4.47 Å². The molecular weight excluding hydrogens is 274 g/mol. The first-order chi connectivity index (χ1) is 7.62. The van der Waals surface area contributed by atoms with E-state index in [1.54, 1.807) is 19.1 Å². The average Bonchev–Trinajstić information content (AvgIpc) is 2.30. The third kappa shape index (κ3) is 2.80. The van der Waals surface area contributed by atoms with Crippen molar-refractivity contribution in [2.75, 3.05) is 14.2 Å². The van der Waals surface area contributed by atoms with E-state index in [-0.39, 0.29) is 0 Å². The zero-order chi connectivity index (χ0) is 12.1. The molecule has 4 nitrogen and oxygen atoms in total. The van der Waals surface area contributed by atoms with Crippen molar-refractivity contribution in [1.82, 2.24) is 0 Å². The molecular formula is C11H12BrNO3. The number of rotatable bonds is 4. The fraction of sp³-hybridized carbons (Fsp3) is 0.364. The van der Waals surface area contributed by atoms with Crippen LogP contribution in [0.25, 0.3) is 0 Å². The van der Waals surface area contributed by atoms with Crippen molar-refractivity contribution < 1.29 is 14.2 Å². The third-order valence-corrected chi connectivity index (χ3v) is 2.36. The van der Waals surface area contributed by atoms with Crippen molar-refractivity contribution in [2.24, 2.45) is 0 Å². The van der Waals surface area contributed by atoms with Gasteiger partial charge in [-0.3, -0.25) is 0 Å². The van der Waals surface area contributed by atoms with Crippen LogP contribution in [0.2, 0.25) is 0 Å². The maximum atomic E-state index is 8.71. The highest BCUT2D eigenvalue weighted by Crippen LogP contribution is 2.40. The van der Waals surface area contributed by atoms with E-state index in [2.05, 4.69) is 15.9 Å². The number of nitrogens with zero attached hydrogens (tertiary/aromatic N) is 1. The van der Waals surface area contributed by atoms with Crippen LogP contribution in [0, 0.1) is 11.3 Å². The van der Waals surface area contributed by atoms with Crippen molar-refractivity contribution in [3.63, 3.8) is 0 Å². The summed E-state index contributed by atoms with van der Waals surface area (Å²) in [6, 6.07) is 5.49. The number of halogens is 1. The van der Waals surface area contributed by atoms with Gasteiger partial charge in [0.1, 0.15) is 6.07 Å². The highest BCUT2D eigenvalue weighted by molar-refractivity contribution is 9.10. The molecule has 0 aliphatic rings. The summed E-state index contributed by atoms with van der Waals surface area (Å²) in [4.78, 5) is 0. The van der Waals surface area contributed by atoms with Crippen molar-refractivity contribution in [1.29, 1.82) is 5.26 Å². The maximum Gasteiger partial charge on any atom is 0.205 e. The van der Waals surface area contributed by atoms with E-state index >= 15 is 0 Å². The zero-order valence-corrected chi connectivity index (χ0v) is 10.9. The summed E-state index contributed by atoms with van der Waals surface area (Å²) in [5, 5.41) is 8.71. The second-order valence-electron chi connectivity index (χ2n) is 3.03. The Kier molecular flexibility index (Phi) is 4.44. The Balaban J connectivity index is 3.17.